The van der Waals surface area contributed by atoms with E-state index in [4.69, 9.17) is 19.9 Å². The van der Waals surface area contributed by atoms with Crippen LogP contribution < -0.4 is 11.1 Å². The van der Waals surface area contributed by atoms with Crippen molar-refractivity contribution in [3.8, 4) is 0 Å². The molecular formula is C25H38N4O3. The SMILES string of the molecule is C=C(/C=C(\C=C(/C)OC1=NCC(C)=CC=C1)OC(N)NC/C(C)=C\C)O/C(CCC)=N/C. The summed E-state index contributed by atoms with van der Waals surface area (Å²) in [5, 5.41) is 3.12. The van der Waals surface area contributed by atoms with Gasteiger partial charge in [0.1, 0.15) is 17.3 Å². The number of nitrogens with zero attached hydrogens (tertiary/aromatic N) is 2. The van der Waals surface area contributed by atoms with Crippen LogP contribution in [0.15, 0.2) is 81.4 Å². The third kappa shape index (κ3) is 11.5. The minimum Gasteiger partial charge on any atom is -0.462 e. The minimum atomic E-state index is -0.732. The van der Waals surface area contributed by atoms with Gasteiger partial charge < -0.3 is 14.2 Å². The summed E-state index contributed by atoms with van der Waals surface area (Å²) < 4.78 is 17.5. The van der Waals surface area contributed by atoms with Crippen molar-refractivity contribution in [3.63, 3.8) is 0 Å². The second kappa shape index (κ2) is 15.0. The van der Waals surface area contributed by atoms with Crippen LogP contribution in [0.1, 0.15) is 47.5 Å². The average molecular weight is 443 g/mol. The molecule has 0 aromatic carbocycles. The van der Waals surface area contributed by atoms with Gasteiger partial charge in [-0.3, -0.25) is 16.0 Å². The molecule has 0 amide bonds. The molecule has 0 fully saturated rings. The number of hydrogen-bond acceptors (Lipinski definition) is 7. The molecule has 1 rings (SSSR count). The van der Waals surface area contributed by atoms with Crippen LogP contribution in [0.2, 0.25) is 0 Å². The number of ether oxygens (including phenoxy) is 3. The largest absolute Gasteiger partial charge is 0.462 e. The summed E-state index contributed by atoms with van der Waals surface area (Å²) in [5.74, 6) is 2.54. The van der Waals surface area contributed by atoms with E-state index in [-0.39, 0.29) is 0 Å². The van der Waals surface area contributed by atoms with E-state index in [1.807, 2.05) is 52.0 Å². The van der Waals surface area contributed by atoms with Crippen LogP contribution in [-0.4, -0.2) is 38.3 Å². The van der Waals surface area contributed by atoms with Gasteiger partial charge in [-0.2, -0.15) is 0 Å². The second-order valence-corrected chi connectivity index (χ2v) is 7.42. The molecule has 3 N–H and O–H groups in total. The van der Waals surface area contributed by atoms with Gasteiger partial charge in [0.25, 0.3) is 0 Å². The van der Waals surface area contributed by atoms with Crippen LogP contribution in [0.3, 0.4) is 0 Å². The van der Waals surface area contributed by atoms with Gasteiger partial charge in [0.2, 0.25) is 12.2 Å². The number of allylic oxidation sites excluding steroid dienone is 6. The van der Waals surface area contributed by atoms with Gasteiger partial charge in [-0.1, -0.05) is 42.9 Å². The molecule has 0 spiro atoms. The standard InChI is InChI=1S/C25H38N4O3/c1-8-11-23(27-7)30-20(5)14-22(32-25(26)29-16-18(3)9-2)15-21(6)31-24-13-10-12-19(4)17-28-24/h9-10,12-15,25,29H,5,8,11,16-17,26H2,1-4,6-7H3/b18-9-,21-15+,22-14+,27-23+. The van der Waals surface area contributed by atoms with Crippen molar-refractivity contribution in [1.82, 2.24) is 5.32 Å². The topological polar surface area (TPSA) is 90.5 Å². The lowest BCUT2D eigenvalue weighted by Crippen LogP contribution is -2.40. The Labute approximate surface area is 192 Å². The Bertz CT molecular complexity index is 845. The zero-order valence-corrected chi connectivity index (χ0v) is 20.3. The Balaban J connectivity index is 2.99. The molecule has 176 valence electrons. The van der Waals surface area contributed by atoms with Crippen LogP contribution in [0.4, 0.5) is 0 Å². The van der Waals surface area contributed by atoms with Gasteiger partial charge in [0, 0.05) is 38.2 Å². The predicted molar refractivity (Wildman–Crippen MR) is 133 cm³/mol. The van der Waals surface area contributed by atoms with Crippen LogP contribution >= 0.6 is 0 Å². The number of rotatable bonds is 11. The van der Waals surface area contributed by atoms with E-state index in [1.54, 1.807) is 19.2 Å². The monoisotopic (exact) mass is 442 g/mol. The van der Waals surface area contributed by atoms with Crippen molar-refractivity contribution in [2.24, 2.45) is 15.7 Å². The fourth-order valence-electron chi connectivity index (χ4n) is 2.49. The third-order valence-corrected chi connectivity index (χ3v) is 4.32. The van der Waals surface area contributed by atoms with E-state index < -0.39 is 6.35 Å². The Hall–Kier alpha value is -2.90. The first-order valence-corrected chi connectivity index (χ1v) is 10.8. The summed E-state index contributed by atoms with van der Waals surface area (Å²) in [4.78, 5) is 8.59. The molecule has 1 atom stereocenters. The van der Waals surface area contributed by atoms with Crippen molar-refractivity contribution in [2.45, 2.75) is 53.8 Å². The lowest BCUT2D eigenvalue weighted by atomic mass is 10.3. The van der Waals surface area contributed by atoms with Gasteiger partial charge in [-0.25, -0.2) is 4.99 Å². The van der Waals surface area contributed by atoms with Gasteiger partial charge in [0.15, 0.2) is 5.90 Å². The molecule has 0 radical (unpaired) electrons. The lowest BCUT2D eigenvalue weighted by molar-refractivity contribution is 0.101. The molecule has 0 aromatic rings. The highest BCUT2D eigenvalue weighted by atomic mass is 16.5. The summed E-state index contributed by atoms with van der Waals surface area (Å²) in [5.41, 5.74) is 8.43. The Morgan fingerprint density at radius 3 is 2.78 bits per heavy atom. The van der Waals surface area contributed by atoms with E-state index in [1.165, 1.54) is 0 Å². The Morgan fingerprint density at radius 1 is 1.38 bits per heavy atom. The smallest absolute Gasteiger partial charge is 0.214 e. The molecule has 1 aliphatic heterocycles. The maximum atomic E-state index is 6.12. The second-order valence-electron chi connectivity index (χ2n) is 7.42. The molecule has 0 saturated carbocycles. The van der Waals surface area contributed by atoms with E-state index in [2.05, 4.69) is 28.8 Å². The number of nitrogens with one attached hydrogen (secondary N) is 1. The predicted octanol–water partition coefficient (Wildman–Crippen LogP) is 4.88. The molecule has 1 unspecified atom stereocenters. The van der Waals surface area contributed by atoms with Gasteiger partial charge in [0.05, 0.1) is 6.54 Å². The minimum absolute atomic E-state index is 0.390. The number of hydrogen-bond donors (Lipinski definition) is 2. The first-order valence-electron chi connectivity index (χ1n) is 10.8. The average Bonchev–Trinajstić information content (AvgIpc) is 2.95. The molecule has 0 bridgehead atoms. The van der Waals surface area contributed by atoms with Gasteiger partial charge in [-0.05, 0) is 34.1 Å². The number of aliphatic imine (C=N–C) groups is 2. The fraction of sp³-hybridized carbons (Fsp3) is 0.440. The Kier molecular flexibility index (Phi) is 12.7. The summed E-state index contributed by atoms with van der Waals surface area (Å²) in [6.45, 7) is 15.1. The molecule has 1 heterocycles. The molecule has 7 nitrogen and oxygen atoms in total. The van der Waals surface area contributed by atoms with E-state index in [9.17, 15) is 0 Å². The molecule has 0 saturated heterocycles. The van der Waals surface area contributed by atoms with Gasteiger partial charge >= 0.3 is 0 Å². The van der Waals surface area contributed by atoms with Crippen molar-refractivity contribution in [3.05, 3.63) is 71.5 Å². The zero-order chi connectivity index (χ0) is 23.9. The van der Waals surface area contributed by atoms with Crippen LogP contribution in [0, 0.1) is 0 Å². The summed E-state index contributed by atoms with van der Waals surface area (Å²) >= 11 is 0. The highest BCUT2D eigenvalue weighted by molar-refractivity contribution is 5.89. The maximum Gasteiger partial charge on any atom is 0.214 e. The molecule has 0 aromatic heterocycles. The number of nitrogens with two attached hydrogens (primary N) is 1. The normalized spacial score (nSPS) is 16.7. The molecule has 1 aliphatic rings. The maximum absolute atomic E-state index is 6.12. The van der Waals surface area contributed by atoms with E-state index in [0.717, 1.165) is 24.0 Å². The van der Waals surface area contributed by atoms with E-state index >= 15 is 0 Å². The third-order valence-electron chi connectivity index (χ3n) is 4.32. The van der Waals surface area contributed by atoms with Crippen molar-refractivity contribution in [1.29, 1.82) is 0 Å². The highest BCUT2D eigenvalue weighted by Gasteiger charge is 2.09. The molecular weight excluding hydrogens is 404 g/mol. The lowest BCUT2D eigenvalue weighted by Gasteiger charge is -2.18. The summed E-state index contributed by atoms with van der Waals surface area (Å²) in [6.07, 6.45) is 12.1. The van der Waals surface area contributed by atoms with Gasteiger partial charge in [-0.15, -0.1) is 0 Å². The van der Waals surface area contributed by atoms with Crippen molar-refractivity contribution >= 4 is 11.8 Å². The van der Waals surface area contributed by atoms with Crippen LogP contribution in [-0.2, 0) is 14.2 Å². The van der Waals surface area contributed by atoms with Crippen LogP contribution in [0.5, 0.6) is 0 Å². The summed E-state index contributed by atoms with van der Waals surface area (Å²) in [7, 11) is 1.69. The van der Waals surface area contributed by atoms with Crippen LogP contribution in [0.25, 0.3) is 0 Å². The van der Waals surface area contributed by atoms with E-state index in [0.29, 0.717) is 42.2 Å². The Morgan fingerprint density at radius 2 is 2.12 bits per heavy atom. The van der Waals surface area contributed by atoms with Crippen molar-refractivity contribution in [2.75, 3.05) is 20.1 Å². The quantitative estimate of drug-likeness (QED) is 0.119. The fourth-order valence-corrected chi connectivity index (χ4v) is 2.49. The summed E-state index contributed by atoms with van der Waals surface area (Å²) in [6, 6.07) is 0. The molecule has 0 aliphatic carbocycles. The first-order chi connectivity index (χ1) is 15.3. The first kappa shape index (κ1) is 27.1. The molecule has 7 heteroatoms. The zero-order valence-electron chi connectivity index (χ0n) is 20.3. The molecule has 32 heavy (non-hydrogen) atoms. The highest BCUT2D eigenvalue weighted by Crippen LogP contribution is 2.13. The van der Waals surface area contributed by atoms with Crippen molar-refractivity contribution < 1.29 is 14.2 Å².